The van der Waals surface area contributed by atoms with E-state index in [0.29, 0.717) is 5.82 Å². The quantitative estimate of drug-likeness (QED) is 0.466. The van der Waals surface area contributed by atoms with Gasteiger partial charge in [0.2, 0.25) is 0 Å². The zero-order chi connectivity index (χ0) is 5.61. The fourth-order valence-electron chi connectivity index (χ4n) is 1.49. The van der Waals surface area contributed by atoms with Gasteiger partial charge in [-0.15, -0.1) is 0 Å². The Labute approximate surface area is 49.1 Å². The molecule has 3 rings (SSSR count). The summed E-state index contributed by atoms with van der Waals surface area (Å²) in [6, 6.07) is 0. The lowest BCUT2D eigenvalue weighted by molar-refractivity contribution is 0.0272. The van der Waals surface area contributed by atoms with Gasteiger partial charge in [0, 0.05) is 6.61 Å². The van der Waals surface area contributed by atoms with Crippen molar-refractivity contribution >= 4 is 7.28 Å². The summed E-state index contributed by atoms with van der Waals surface area (Å²) in [5.41, 5.74) is -0.190. The number of hydrogen-bond acceptors (Lipinski definition) is 2. The van der Waals surface area contributed by atoms with Crippen molar-refractivity contribution in [2.24, 2.45) is 0 Å². The predicted octanol–water partition coefficient (Wildman–Crippen LogP) is -0.398. The van der Waals surface area contributed by atoms with Gasteiger partial charge in [-0.25, -0.2) is 0 Å². The van der Waals surface area contributed by atoms with Gasteiger partial charge < -0.3 is 9.84 Å². The Morgan fingerprint density at radius 1 is 1.88 bits per heavy atom. The summed E-state index contributed by atoms with van der Waals surface area (Å²) in [5.74, 6) is 0.655. The number of hydrogen-bond donors (Lipinski definition) is 1. The molecule has 0 aromatic rings. The minimum atomic E-state index is -0.190. The van der Waals surface area contributed by atoms with Gasteiger partial charge in [0.25, 0.3) is 0 Å². The second-order valence-corrected chi connectivity index (χ2v) is 2.66. The van der Waals surface area contributed by atoms with E-state index >= 15 is 0 Å². The molecule has 0 aliphatic carbocycles. The Bertz CT molecular complexity index is 103. The van der Waals surface area contributed by atoms with Gasteiger partial charge in [0.1, 0.15) is 0 Å². The van der Waals surface area contributed by atoms with Gasteiger partial charge >= 0.3 is 0 Å². The third-order valence-electron chi connectivity index (χ3n) is 2.00. The van der Waals surface area contributed by atoms with Crippen LogP contribution in [0.4, 0.5) is 0 Å². The molecule has 2 atom stereocenters. The van der Waals surface area contributed by atoms with E-state index in [1.54, 1.807) is 0 Å². The molecule has 3 heteroatoms. The molecule has 1 N–H and O–H groups in total. The van der Waals surface area contributed by atoms with Crippen molar-refractivity contribution in [2.75, 3.05) is 13.2 Å². The lowest BCUT2D eigenvalue weighted by Crippen LogP contribution is -2.46. The molecular formula is C5H8BO2. The molecule has 0 aromatic heterocycles. The van der Waals surface area contributed by atoms with Gasteiger partial charge in [-0.2, -0.15) is 0 Å². The molecular weight excluding hydrogens is 103 g/mol. The monoisotopic (exact) mass is 111 g/mol. The van der Waals surface area contributed by atoms with Crippen LogP contribution in [0.3, 0.4) is 0 Å². The highest BCUT2D eigenvalue weighted by Gasteiger charge is 2.52. The summed E-state index contributed by atoms with van der Waals surface area (Å²) >= 11 is 0. The second-order valence-electron chi connectivity index (χ2n) is 2.66. The fraction of sp³-hybridized carbons (Fsp3) is 1.00. The minimum absolute atomic E-state index is 0.170. The van der Waals surface area contributed by atoms with E-state index in [4.69, 9.17) is 9.84 Å². The van der Waals surface area contributed by atoms with Gasteiger partial charge in [-0.1, -0.05) is 0 Å². The Morgan fingerprint density at radius 3 is 2.88 bits per heavy atom. The summed E-state index contributed by atoms with van der Waals surface area (Å²) in [6.07, 6.45) is 1.05. The van der Waals surface area contributed by atoms with Crippen molar-refractivity contribution in [2.45, 2.75) is 17.7 Å². The predicted molar refractivity (Wildman–Crippen MR) is 29.9 cm³/mol. The van der Waals surface area contributed by atoms with Crippen molar-refractivity contribution in [3.05, 3.63) is 0 Å². The molecule has 0 saturated carbocycles. The summed E-state index contributed by atoms with van der Waals surface area (Å²) < 4.78 is 5.26. The van der Waals surface area contributed by atoms with E-state index in [0.717, 1.165) is 13.0 Å². The van der Waals surface area contributed by atoms with Crippen molar-refractivity contribution < 1.29 is 9.84 Å². The van der Waals surface area contributed by atoms with Gasteiger partial charge in [0.15, 0.2) is 7.28 Å². The summed E-state index contributed by atoms with van der Waals surface area (Å²) in [5, 5.41) is 8.71. The molecule has 2 unspecified atom stereocenters. The van der Waals surface area contributed by atoms with Crippen LogP contribution < -0.4 is 0 Å². The SMILES string of the molecule is OCC12[B]C(CO1)C2. The molecule has 3 aliphatic heterocycles. The smallest absolute Gasteiger partial charge is 0.163 e. The number of aliphatic hydroxyl groups excluding tert-OH is 1. The van der Waals surface area contributed by atoms with Crippen molar-refractivity contribution in [1.29, 1.82) is 0 Å². The first-order valence-electron chi connectivity index (χ1n) is 2.95. The maximum absolute atomic E-state index is 8.71. The first-order chi connectivity index (χ1) is 3.85. The van der Waals surface area contributed by atoms with Gasteiger partial charge in [-0.05, 0) is 12.2 Å². The summed E-state index contributed by atoms with van der Waals surface area (Å²) in [4.78, 5) is 0. The molecule has 1 radical (unpaired) electrons. The van der Waals surface area contributed by atoms with E-state index in [2.05, 4.69) is 7.28 Å². The van der Waals surface area contributed by atoms with Crippen LogP contribution >= 0.6 is 0 Å². The number of ether oxygens (including phenoxy) is 1. The third-order valence-corrected chi connectivity index (χ3v) is 2.00. The number of aliphatic hydroxyl groups is 1. The average Bonchev–Trinajstić information content (AvgIpc) is 2.17. The zero-order valence-corrected chi connectivity index (χ0v) is 4.63. The van der Waals surface area contributed by atoms with Crippen LogP contribution in [0.15, 0.2) is 0 Å². The van der Waals surface area contributed by atoms with E-state index in [9.17, 15) is 0 Å². The third kappa shape index (κ3) is 0.413. The Kier molecular flexibility index (Phi) is 0.772. The van der Waals surface area contributed by atoms with Crippen LogP contribution in [0, 0.1) is 0 Å². The minimum Gasteiger partial charge on any atom is -0.394 e. The highest BCUT2D eigenvalue weighted by molar-refractivity contribution is 6.47. The van der Waals surface area contributed by atoms with Crippen LogP contribution in [0.1, 0.15) is 6.42 Å². The van der Waals surface area contributed by atoms with E-state index in [1.165, 1.54) is 0 Å². The van der Waals surface area contributed by atoms with Crippen LogP contribution in [0.25, 0.3) is 0 Å². The first-order valence-corrected chi connectivity index (χ1v) is 2.95. The lowest BCUT2D eigenvalue weighted by atomic mass is 9.40. The van der Waals surface area contributed by atoms with E-state index < -0.39 is 0 Å². The van der Waals surface area contributed by atoms with Crippen molar-refractivity contribution in [3.8, 4) is 0 Å². The Hall–Kier alpha value is -0.0151. The molecule has 3 saturated heterocycles. The molecule has 3 heterocycles. The molecule has 2 bridgehead atoms. The van der Waals surface area contributed by atoms with Crippen molar-refractivity contribution in [3.63, 3.8) is 0 Å². The highest BCUT2D eigenvalue weighted by Crippen LogP contribution is 2.44. The molecule has 3 aliphatic rings. The maximum Gasteiger partial charge on any atom is 0.163 e. The summed E-state index contributed by atoms with van der Waals surface area (Å²) in [7, 11) is 2.10. The van der Waals surface area contributed by atoms with Crippen LogP contribution in [0.2, 0.25) is 5.82 Å². The molecule has 43 valence electrons. The van der Waals surface area contributed by atoms with Gasteiger partial charge in [0.05, 0.1) is 12.1 Å². The fourth-order valence-corrected chi connectivity index (χ4v) is 1.49. The second kappa shape index (κ2) is 1.28. The lowest BCUT2D eigenvalue weighted by Gasteiger charge is -2.32. The summed E-state index contributed by atoms with van der Waals surface area (Å²) in [6.45, 7) is 1.00. The molecule has 8 heavy (non-hydrogen) atoms. The van der Waals surface area contributed by atoms with Crippen molar-refractivity contribution in [1.82, 2.24) is 0 Å². The van der Waals surface area contributed by atoms with Crippen LogP contribution in [0.5, 0.6) is 0 Å². The normalized spacial score (nSPS) is 50.4. The largest absolute Gasteiger partial charge is 0.394 e. The first kappa shape index (κ1) is 4.83. The standard InChI is InChI=1S/C5H8BO2/c7-3-5-1-4(6-5)2-8-5/h4,7H,1-3H2. The van der Waals surface area contributed by atoms with Crippen LogP contribution in [-0.4, -0.2) is 31.1 Å². The number of rotatable bonds is 1. The van der Waals surface area contributed by atoms with Crippen LogP contribution in [-0.2, 0) is 4.74 Å². The van der Waals surface area contributed by atoms with Gasteiger partial charge in [-0.3, -0.25) is 0 Å². The Balaban J connectivity index is 2.09. The van der Waals surface area contributed by atoms with E-state index in [1.807, 2.05) is 0 Å². The molecule has 0 amide bonds. The zero-order valence-electron chi connectivity index (χ0n) is 4.63. The molecule has 3 fully saturated rings. The topological polar surface area (TPSA) is 29.5 Å². The Morgan fingerprint density at radius 2 is 2.62 bits per heavy atom. The maximum atomic E-state index is 8.71. The molecule has 2 nitrogen and oxygen atoms in total. The van der Waals surface area contributed by atoms with E-state index in [-0.39, 0.29) is 12.1 Å². The molecule has 0 aromatic carbocycles. The average molecular weight is 111 g/mol. The highest BCUT2D eigenvalue weighted by atomic mass is 16.5. The number of fused-ring (bicyclic) bond motifs is 1. The molecule has 0 spiro atoms.